The lowest BCUT2D eigenvalue weighted by atomic mass is 10.3. The molecule has 1 heterocycles. The van der Waals surface area contributed by atoms with Crippen LogP contribution in [0.25, 0.3) is 0 Å². The number of hydrogen-bond acceptors (Lipinski definition) is 1. The lowest BCUT2D eigenvalue weighted by Gasteiger charge is -2.13. The molecule has 1 aliphatic heterocycles. The van der Waals surface area contributed by atoms with Crippen LogP contribution < -0.4 is 0 Å². The van der Waals surface area contributed by atoms with Crippen molar-refractivity contribution in [2.75, 3.05) is 13.1 Å². The molecule has 0 aromatic heterocycles. The first kappa shape index (κ1) is 8.38. The van der Waals surface area contributed by atoms with Crippen LogP contribution in [0.3, 0.4) is 0 Å². The topological polar surface area (TPSA) is 3.24 Å². The van der Waals surface area contributed by atoms with Gasteiger partial charge in [0.15, 0.2) is 0 Å². The molecule has 11 heavy (non-hydrogen) atoms. The summed E-state index contributed by atoms with van der Waals surface area (Å²) in [5, 5.41) is 0. The Kier molecular flexibility index (Phi) is 3.81. The van der Waals surface area contributed by atoms with Crippen molar-refractivity contribution in [1.82, 2.24) is 4.90 Å². The van der Waals surface area contributed by atoms with Gasteiger partial charge in [0.1, 0.15) is 0 Å². The number of unbranched alkanes of at least 4 members (excludes halogenated alkanes) is 1. The van der Waals surface area contributed by atoms with Gasteiger partial charge in [-0.05, 0) is 32.4 Å². The van der Waals surface area contributed by atoms with Crippen molar-refractivity contribution in [3.8, 4) is 0 Å². The molecule has 1 heteroatoms. The van der Waals surface area contributed by atoms with Gasteiger partial charge in [0, 0.05) is 13.1 Å². The van der Waals surface area contributed by atoms with Gasteiger partial charge in [0.2, 0.25) is 0 Å². The highest BCUT2D eigenvalue weighted by Gasteiger charge is 2.01. The minimum absolute atomic E-state index is 1.22. The van der Waals surface area contributed by atoms with Crippen molar-refractivity contribution < 1.29 is 0 Å². The molecule has 0 radical (unpaired) electrons. The van der Waals surface area contributed by atoms with Crippen molar-refractivity contribution in [2.24, 2.45) is 0 Å². The highest BCUT2D eigenvalue weighted by Crippen LogP contribution is 2.05. The summed E-state index contributed by atoms with van der Waals surface area (Å²) in [5.41, 5.74) is 0. The Balaban J connectivity index is 1.98. The molecule has 0 spiro atoms. The van der Waals surface area contributed by atoms with Crippen LogP contribution in [0.2, 0.25) is 0 Å². The van der Waals surface area contributed by atoms with E-state index in [9.17, 15) is 0 Å². The maximum atomic E-state index is 2.39. The molecule has 62 valence electrons. The molecule has 0 amide bonds. The molecule has 0 saturated carbocycles. The Morgan fingerprint density at radius 1 is 1.55 bits per heavy atom. The fourth-order valence-corrected chi connectivity index (χ4v) is 1.30. The molecule has 0 N–H and O–H groups in total. The summed E-state index contributed by atoms with van der Waals surface area (Å²) in [6.45, 7) is 4.53. The molecule has 0 bridgehead atoms. The van der Waals surface area contributed by atoms with Crippen LogP contribution in [0.5, 0.6) is 0 Å². The van der Waals surface area contributed by atoms with Crippen LogP contribution in [-0.2, 0) is 0 Å². The van der Waals surface area contributed by atoms with Gasteiger partial charge in [0.05, 0.1) is 0 Å². The highest BCUT2D eigenvalue weighted by atomic mass is 15.1. The first-order valence-corrected chi connectivity index (χ1v) is 4.45. The zero-order chi connectivity index (χ0) is 7.94. The van der Waals surface area contributed by atoms with Crippen LogP contribution in [0.15, 0.2) is 24.4 Å². The fraction of sp³-hybridized carbons (Fsp3) is 0.600. The van der Waals surface area contributed by atoms with E-state index in [1.165, 1.54) is 32.4 Å². The van der Waals surface area contributed by atoms with Gasteiger partial charge in [-0.1, -0.05) is 18.2 Å². The minimum Gasteiger partial charge on any atom is -0.377 e. The van der Waals surface area contributed by atoms with Crippen molar-refractivity contribution >= 4 is 0 Å². The van der Waals surface area contributed by atoms with Crippen LogP contribution in [0.1, 0.15) is 26.2 Å². The highest BCUT2D eigenvalue weighted by molar-refractivity contribution is 4.91. The number of allylic oxidation sites excluding steroid dienone is 2. The quantitative estimate of drug-likeness (QED) is 0.441. The zero-order valence-corrected chi connectivity index (χ0v) is 7.29. The van der Waals surface area contributed by atoms with Crippen molar-refractivity contribution in [2.45, 2.75) is 26.2 Å². The molecule has 0 aromatic carbocycles. The summed E-state index contributed by atoms with van der Waals surface area (Å²) in [4.78, 5) is 2.39. The van der Waals surface area contributed by atoms with Crippen LogP contribution in [0, 0.1) is 0 Å². The molecule has 0 fully saturated rings. The molecular formula is C10H17N. The molecule has 0 aliphatic carbocycles. The second-order valence-corrected chi connectivity index (χ2v) is 2.92. The van der Waals surface area contributed by atoms with Crippen molar-refractivity contribution in [3.05, 3.63) is 24.4 Å². The van der Waals surface area contributed by atoms with Gasteiger partial charge in [0.25, 0.3) is 0 Å². The largest absolute Gasteiger partial charge is 0.377 e. The lowest BCUT2D eigenvalue weighted by Crippen LogP contribution is -2.15. The monoisotopic (exact) mass is 151 g/mol. The van der Waals surface area contributed by atoms with Gasteiger partial charge in [-0.3, -0.25) is 0 Å². The van der Waals surface area contributed by atoms with E-state index in [-0.39, 0.29) is 0 Å². The smallest absolute Gasteiger partial charge is 0.0207 e. The first-order chi connectivity index (χ1) is 5.43. The van der Waals surface area contributed by atoms with Gasteiger partial charge in [-0.25, -0.2) is 0 Å². The number of hydrogen-bond donors (Lipinski definition) is 0. The number of rotatable bonds is 4. The molecule has 1 rings (SSSR count). The zero-order valence-electron chi connectivity index (χ0n) is 7.29. The Labute approximate surface area is 69.4 Å². The molecular weight excluding hydrogens is 134 g/mol. The van der Waals surface area contributed by atoms with Gasteiger partial charge in [-0.15, -0.1) is 0 Å². The maximum absolute atomic E-state index is 2.39. The van der Waals surface area contributed by atoms with Crippen LogP contribution in [-0.4, -0.2) is 18.0 Å². The molecule has 0 unspecified atom stereocenters. The van der Waals surface area contributed by atoms with Crippen molar-refractivity contribution in [1.29, 1.82) is 0 Å². The van der Waals surface area contributed by atoms with E-state index in [0.29, 0.717) is 0 Å². The van der Waals surface area contributed by atoms with Crippen LogP contribution in [0.4, 0.5) is 0 Å². The molecule has 0 saturated heterocycles. The predicted octanol–water partition coefficient (Wildman–Crippen LogP) is 2.56. The van der Waals surface area contributed by atoms with Gasteiger partial charge >= 0.3 is 0 Å². The first-order valence-electron chi connectivity index (χ1n) is 4.45. The third-order valence-corrected chi connectivity index (χ3v) is 1.95. The average molecular weight is 151 g/mol. The number of nitrogens with zero attached hydrogens (tertiary/aromatic N) is 1. The summed E-state index contributed by atoms with van der Waals surface area (Å²) in [6.07, 6.45) is 12.6. The Hall–Kier alpha value is -0.720. The van der Waals surface area contributed by atoms with E-state index in [0.717, 1.165) is 0 Å². The average Bonchev–Trinajstić information content (AvgIpc) is 2.50. The van der Waals surface area contributed by atoms with Crippen molar-refractivity contribution in [3.63, 3.8) is 0 Å². The predicted molar refractivity (Wildman–Crippen MR) is 49.4 cm³/mol. The maximum Gasteiger partial charge on any atom is 0.0207 e. The third kappa shape index (κ3) is 3.26. The summed E-state index contributed by atoms with van der Waals surface area (Å²) in [7, 11) is 0. The van der Waals surface area contributed by atoms with E-state index in [1.807, 2.05) is 0 Å². The van der Waals surface area contributed by atoms with E-state index >= 15 is 0 Å². The summed E-state index contributed by atoms with van der Waals surface area (Å²) < 4.78 is 0. The summed E-state index contributed by atoms with van der Waals surface area (Å²) >= 11 is 0. The molecule has 0 atom stereocenters. The molecule has 1 nitrogen and oxygen atoms in total. The SMILES string of the molecule is CC=CCCCN1C=CCC1. The lowest BCUT2D eigenvalue weighted by molar-refractivity contribution is 0.399. The van der Waals surface area contributed by atoms with E-state index in [4.69, 9.17) is 0 Å². The van der Waals surface area contributed by atoms with E-state index in [2.05, 4.69) is 36.3 Å². The Morgan fingerprint density at radius 3 is 3.09 bits per heavy atom. The van der Waals surface area contributed by atoms with E-state index < -0.39 is 0 Å². The van der Waals surface area contributed by atoms with E-state index in [1.54, 1.807) is 0 Å². The third-order valence-electron chi connectivity index (χ3n) is 1.95. The summed E-state index contributed by atoms with van der Waals surface area (Å²) in [5.74, 6) is 0. The standard InChI is InChI=1S/C10H17N/c1-2-3-4-5-8-11-9-6-7-10-11/h2-3,6,9H,4-5,7-8,10H2,1H3. The second-order valence-electron chi connectivity index (χ2n) is 2.92. The normalized spacial score (nSPS) is 17.0. The van der Waals surface area contributed by atoms with Gasteiger partial charge < -0.3 is 4.90 Å². The van der Waals surface area contributed by atoms with Crippen LogP contribution >= 0.6 is 0 Å². The second kappa shape index (κ2) is 5.00. The fourth-order valence-electron chi connectivity index (χ4n) is 1.30. The van der Waals surface area contributed by atoms with Gasteiger partial charge in [-0.2, -0.15) is 0 Å². The Bertz CT molecular complexity index is 147. The summed E-state index contributed by atoms with van der Waals surface area (Å²) in [6, 6.07) is 0. The molecule has 0 aromatic rings. The minimum atomic E-state index is 1.22. The molecule has 1 aliphatic rings. The Morgan fingerprint density at radius 2 is 2.45 bits per heavy atom.